The average molecular weight is 327 g/mol. The molecule has 0 spiro atoms. The zero-order valence-corrected chi connectivity index (χ0v) is 14.5. The summed E-state index contributed by atoms with van der Waals surface area (Å²) >= 11 is 0. The fourth-order valence-electron chi connectivity index (χ4n) is 3.27. The standard InChI is InChI=1S/C18H25N5O/c1-3-17-19-9-11-23(17)10-8-18(24)20-12-16-21-13(2)14-6-4-5-7-15(14)22-16/h9,11H,3-8,10,12H2,1-2H3,(H,20,24). The summed E-state index contributed by atoms with van der Waals surface area (Å²) in [7, 11) is 0. The maximum atomic E-state index is 12.1. The number of carbonyl (C=O) groups excluding carboxylic acids is 1. The molecule has 6 heteroatoms. The molecule has 0 atom stereocenters. The van der Waals surface area contributed by atoms with E-state index in [4.69, 9.17) is 0 Å². The molecule has 0 aliphatic heterocycles. The summed E-state index contributed by atoms with van der Waals surface area (Å²) < 4.78 is 2.03. The molecule has 6 nitrogen and oxygen atoms in total. The summed E-state index contributed by atoms with van der Waals surface area (Å²) in [5.74, 6) is 1.75. The van der Waals surface area contributed by atoms with Gasteiger partial charge in [-0.15, -0.1) is 0 Å². The molecule has 2 aromatic heterocycles. The van der Waals surface area contributed by atoms with Crippen molar-refractivity contribution in [2.24, 2.45) is 0 Å². The number of hydrogen-bond donors (Lipinski definition) is 1. The second-order valence-corrected chi connectivity index (χ2v) is 6.27. The largest absolute Gasteiger partial charge is 0.349 e. The predicted octanol–water partition coefficient (Wildman–Crippen LogP) is 2.13. The number of carbonyl (C=O) groups is 1. The van der Waals surface area contributed by atoms with E-state index in [-0.39, 0.29) is 5.91 Å². The number of aromatic nitrogens is 4. The van der Waals surface area contributed by atoms with Gasteiger partial charge < -0.3 is 9.88 Å². The summed E-state index contributed by atoms with van der Waals surface area (Å²) in [5, 5.41) is 2.94. The Hall–Kier alpha value is -2.24. The third-order valence-electron chi connectivity index (χ3n) is 4.58. The van der Waals surface area contributed by atoms with Gasteiger partial charge in [0, 0.05) is 43.2 Å². The first-order chi connectivity index (χ1) is 11.7. The van der Waals surface area contributed by atoms with E-state index < -0.39 is 0 Å². The smallest absolute Gasteiger partial charge is 0.222 e. The molecule has 0 aromatic carbocycles. The minimum Gasteiger partial charge on any atom is -0.349 e. The fraction of sp³-hybridized carbons (Fsp3) is 0.556. The fourth-order valence-corrected chi connectivity index (χ4v) is 3.27. The molecule has 2 heterocycles. The van der Waals surface area contributed by atoms with Crippen molar-refractivity contribution in [3.63, 3.8) is 0 Å². The first-order valence-corrected chi connectivity index (χ1v) is 8.79. The van der Waals surface area contributed by atoms with Crippen LogP contribution in [0.5, 0.6) is 0 Å². The van der Waals surface area contributed by atoms with Gasteiger partial charge in [0.25, 0.3) is 0 Å². The quantitative estimate of drug-likeness (QED) is 0.882. The highest BCUT2D eigenvalue weighted by molar-refractivity contribution is 5.75. The molecule has 1 aliphatic carbocycles. The highest BCUT2D eigenvalue weighted by atomic mass is 16.1. The van der Waals surface area contributed by atoms with Gasteiger partial charge in [0.05, 0.1) is 6.54 Å². The monoisotopic (exact) mass is 327 g/mol. The minimum absolute atomic E-state index is 0.0183. The van der Waals surface area contributed by atoms with Crippen LogP contribution in [0.1, 0.15) is 54.8 Å². The van der Waals surface area contributed by atoms with E-state index >= 15 is 0 Å². The molecule has 0 unspecified atom stereocenters. The minimum atomic E-state index is 0.0183. The van der Waals surface area contributed by atoms with E-state index in [0.29, 0.717) is 19.5 Å². The van der Waals surface area contributed by atoms with E-state index in [1.165, 1.54) is 24.1 Å². The van der Waals surface area contributed by atoms with Gasteiger partial charge in [-0.1, -0.05) is 6.92 Å². The van der Waals surface area contributed by atoms with E-state index in [0.717, 1.165) is 36.6 Å². The Morgan fingerprint density at radius 3 is 2.96 bits per heavy atom. The third kappa shape index (κ3) is 3.80. The lowest BCUT2D eigenvalue weighted by atomic mass is 9.95. The topological polar surface area (TPSA) is 72.7 Å². The molecule has 3 rings (SSSR count). The lowest BCUT2D eigenvalue weighted by molar-refractivity contribution is -0.121. The van der Waals surface area contributed by atoms with Crippen molar-refractivity contribution < 1.29 is 4.79 Å². The second-order valence-electron chi connectivity index (χ2n) is 6.27. The van der Waals surface area contributed by atoms with Crippen LogP contribution in [-0.2, 0) is 37.1 Å². The number of hydrogen-bond acceptors (Lipinski definition) is 4. The Balaban J connectivity index is 1.54. The van der Waals surface area contributed by atoms with Crippen LogP contribution in [-0.4, -0.2) is 25.4 Å². The van der Waals surface area contributed by atoms with Crippen LogP contribution in [0.15, 0.2) is 12.4 Å². The van der Waals surface area contributed by atoms with Crippen molar-refractivity contribution in [1.82, 2.24) is 24.8 Å². The number of aryl methyl sites for hydroxylation is 4. The lowest BCUT2D eigenvalue weighted by Crippen LogP contribution is -2.26. The summed E-state index contributed by atoms with van der Waals surface area (Å²) in [5.41, 5.74) is 3.54. The van der Waals surface area contributed by atoms with Crippen LogP contribution in [0.25, 0.3) is 0 Å². The molecule has 0 fully saturated rings. The normalized spacial score (nSPS) is 13.6. The van der Waals surface area contributed by atoms with E-state index in [9.17, 15) is 4.79 Å². The van der Waals surface area contributed by atoms with Gasteiger partial charge in [0.1, 0.15) is 11.6 Å². The van der Waals surface area contributed by atoms with Crippen LogP contribution < -0.4 is 5.32 Å². The molecular formula is C18H25N5O. The van der Waals surface area contributed by atoms with E-state index in [2.05, 4.69) is 27.2 Å². The van der Waals surface area contributed by atoms with Crippen molar-refractivity contribution in [3.8, 4) is 0 Å². The van der Waals surface area contributed by atoms with Gasteiger partial charge in [-0.05, 0) is 38.2 Å². The molecule has 1 aliphatic rings. The number of nitrogens with one attached hydrogen (secondary N) is 1. The number of rotatable bonds is 6. The van der Waals surface area contributed by atoms with Crippen LogP contribution in [0, 0.1) is 6.92 Å². The maximum Gasteiger partial charge on any atom is 0.222 e. The molecule has 0 radical (unpaired) electrons. The number of nitrogens with zero attached hydrogens (tertiary/aromatic N) is 4. The molecule has 0 saturated carbocycles. The van der Waals surface area contributed by atoms with Crippen molar-refractivity contribution in [1.29, 1.82) is 0 Å². The van der Waals surface area contributed by atoms with Crippen molar-refractivity contribution >= 4 is 5.91 Å². The Morgan fingerprint density at radius 1 is 1.29 bits per heavy atom. The molecule has 0 saturated heterocycles. The lowest BCUT2D eigenvalue weighted by Gasteiger charge is -2.17. The highest BCUT2D eigenvalue weighted by Gasteiger charge is 2.15. The zero-order valence-electron chi connectivity index (χ0n) is 14.5. The van der Waals surface area contributed by atoms with Gasteiger partial charge in [-0.2, -0.15) is 0 Å². The molecule has 1 amide bonds. The van der Waals surface area contributed by atoms with Crippen molar-refractivity contribution in [2.75, 3.05) is 0 Å². The van der Waals surface area contributed by atoms with Crippen molar-refractivity contribution in [2.45, 2.75) is 65.5 Å². The van der Waals surface area contributed by atoms with Gasteiger partial charge in [-0.25, -0.2) is 15.0 Å². The van der Waals surface area contributed by atoms with Crippen LogP contribution in [0.2, 0.25) is 0 Å². The van der Waals surface area contributed by atoms with Gasteiger partial charge in [0.15, 0.2) is 0 Å². The zero-order chi connectivity index (χ0) is 16.9. The second kappa shape index (κ2) is 7.55. The summed E-state index contributed by atoms with van der Waals surface area (Å²) in [4.78, 5) is 25.5. The van der Waals surface area contributed by atoms with Crippen molar-refractivity contribution in [3.05, 3.63) is 41.0 Å². The number of fused-ring (bicyclic) bond motifs is 1. The maximum absolute atomic E-state index is 12.1. The van der Waals surface area contributed by atoms with Gasteiger partial charge >= 0.3 is 0 Å². The average Bonchev–Trinajstić information content (AvgIpc) is 3.06. The molecule has 24 heavy (non-hydrogen) atoms. The van der Waals surface area contributed by atoms with Crippen LogP contribution >= 0.6 is 0 Å². The van der Waals surface area contributed by atoms with Crippen LogP contribution in [0.4, 0.5) is 0 Å². The molecular weight excluding hydrogens is 302 g/mol. The summed E-state index contributed by atoms with van der Waals surface area (Å²) in [6, 6.07) is 0. The molecule has 1 N–H and O–H groups in total. The first-order valence-electron chi connectivity index (χ1n) is 8.79. The van der Waals surface area contributed by atoms with Gasteiger partial charge in [0.2, 0.25) is 5.91 Å². The predicted molar refractivity (Wildman–Crippen MR) is 91.5 cm³/mol. The Morgan fingerprint density at radius 2 is 2.12 bits per heavy atom. The van der Waals surface area contributed by atoms with Gasteiger partial charge in [-0.3, -0.25) is 4.79 Å². The van der Waals surface area contributed by atoms with Crippen LogP contribution in [0.3, 0.4) is 0 Å². The Kier molecular flexibility index (Phi) is 5.23. The highest BCUT2D eigenvalue weighted by Crippen LogP contribution is 2.21. The summed E-state index contributed by atoms with van der Waals surface area (Å²) in [6.07, 6.45) is 9.53. The molecule has 128 valence electrons. The first kappa shape index (κ1) is 16.6. The third-order valence-corrected chi connectivity index (χ3v) is 4.58. The summed E-state index contributed by atoms with van der Waals surface area (Å²) in [6.45, 7) is 5.16. The van der Waals surface area contributed by atoms with E-state index in [1.807, 2.05) is 17.7 Å². The molecule has 2 aromatic rings. The van der Waals surface area contributed by atoms with E-state index in [1.54, 1.807) is 6.20 Å². The SMILES string of the molecule is CCc1nccn1CCC(=O)NCc1nc(C)c2c(n1)CCCC2. The molecule has 0 bridgehead atoms. The Labute approximate surface area is 142 Å². The number of amides is 1. The number of imidazole rings is 1. The Bertz CT molecular complexity index is 722.